The summed E-state index contributed by atoms with van der Waals surface area (Å²) < 4.78 is 18.9. The molecule has 4 heterocycles. The maximum absolute atomic E-state index is 13.7. The molecular weight excluding hydrogens is 519 g/mol. The van der Waals surface area contributed by atoms with Crippen LogP contribution in [0, 0.1) is 11.7 Å². The fourth-order valence-electron chi connectivity index (χ4n) is 5.41. The molecule has 2 aliphatic heterocycles. The lowest BCUT2D eigenvalue weighted by Gasteiger charge is -2.32. The summed E-state index contributed by atoms with van der Waals surface area (Å²) in [5, 5.41) is 6.75. The van der Waals surface area contributed by atoms with Gasteiger partial charge >= 0.3 is 0 Å². The second-order valence-corrected chi connectivity index (χ2v) is 10.3. The minimum Gasteiger partial charge on any atom is -0.481 e. The molecule has 1 fully saturated rings. The van der Waals surface area contributed by atoms with Gasteiger partial charge in [0.2, 0.25) is 11.8 Å². The highest BCUT2D eigenvalue weighted by atomic mass is 19.1. The van der Waals surface area contributed by atoms with E-state index in [0.29, 0.717) is 24.7 Å². The van der Waals surface area contributed by atoms with Crippen LogP contribution < -0.4 is 4.74 Å². The van der Waals surface area contributed by atoms with Gasteiger partial charge in [0.05, 0.1) is 36.1 Å². The first-order valence-corrected chi connectivity index (χ1v) is 14.1. The highest BCUT2D eigenvalue weighted by molar-refractivity contribution is 6.03. The van der Waals surface area contributed by atoms with Crippen molar-refractivity contribution < 1.29 is 13.9 Å². The van der Waals surface area contributed by atoms with E-state index in [4.69, 9.17) is 9.84 Å². The van der Waals surface area contributed by atoms with Gasteiger partial charge < -0.3 is 9.64 Å². The van der Waals surface area contributed by atoms with Gasteiger partial charge in [0.25, 0.3) is 0 Å². The first kappa shape index (κ1) is 28.1. The normalized spacial score (nSPS) is 19.2. The Balaban J connectivity index is 1.39. The van der Waals surface area contributed by atoms with Gasteiger partial charge in [-0.05, 0) is 55.0 Å². The number of hydrogen-bond acceptors (Lipinski definition) is 7. The molecule has 0 radical (unpaired) electrons. The van der Waals surface area contributed by atoms with Crippen molar-refractivity contribution in [3.8, 4) is 5.88 Å². The number of ether oxygens (including phenoxy) is 1. The van der Waals surface area contributed by atoms with E-state index >= 15 is 0 Å². The number of pyridine rings is 1. The molecule has 212 valence electrons. The molecule has 0 N–H and O–H groups in total. The standard InChI is InChI=1S/C32H35FN6O2/c1-4-22-8-10-25(11-9-22)29-17-23(5-2)32(27-13-12-26(33)19-34-27)37-39(29)20-31(40)38-15-6-7-24(14-16-38)28-18-30(41-3)36-21-35-28/h4,8-13,17-19,21,23-24H,1,5-7,14-16,20H2,2-3H3. The quantitative estimate of drug-likeness (QED) is 0.363. The Bertz CT molecular complexity index is 1440. The van der Waals surface area contributed by atoms with Crippen LogP contribution in [0.1, 0.15) is 61.0 Å². The van der Waals surface area contributed by atoms with E-state index in [9.17, 15) is 9.18 Å². The van der Waals surface area contributed by atoms with Crippen LogP contribution in [0.2, 0.25) is 0 Å². The Morgan fingerprint density at radius 1 is 1.12 bits per heavy atom. The number of rotatable bonds is 8. The predicted octanol–water partition coefficient (Wildman–Crippen LogP) is 5.55. The van der Waals surface area contributed by atoms with Gasteiger partial charge in [-0.2, -0.15) is 5.10 Å². The average molecular weight is 555 g/mol. The summed E-state index contributed by atoms with van der Waals surface area (Å²) in [4.78, 5) is 28.6. The van der Waals surface area contributed by atoms with E-state index in [1.807, 2.05) is 35.2 Å². The number of amides is 1. The fourth-order valence-corrected chi connectivity index (χ4v) is 5.41. The second kappa shape index (κ2) is 12.8. The van der Waals surface area contributed by atoms with Crippen molar-refractivity contribution >= 4 is 23.4 Å². The lowest BCUT2D eigenvalue weighted by Crippen LogP contribution is -2.40. The Hall–Kier alpha value is -4.40. The van der Waals surface area contributed by atoms with Crippen LogP contribution in [-0.4, -0.2) is 63.2 Å². The van der Waals surface area contributed by atoms with Crippen LogP contribution in [0.25, 0.3) is 11.8 Å². The first-order chi connectivity index (χ1) is 20.0. The molecule has 0 bridgehead atoms. The van der Waals surface area contributed by atoms with Crippen LogP contribution in [0.5, 0.6) is 5.88 Å². The van der Waals surface area contributed by atoms with Crippen molar-refractivity contribution in [2.45, 2.75) is 38.5 Å². The number of carbonyl (C=O) groups is 1. The minimum atomic E-state index is -0.399. The maximum Gasteiger partial charge on any atom is 0.244 e. The van der Waals surface area contributed by atoms with Gasteiger partial charge in [-0.25, -0.2) is 14.4 Å². The third-order valence-corrected chi connectivity index (χ3v) is 7.74. The van der Waals surface area contributed by atoms with E-state index in [1.165, 1.54) is 18.6 Å². The fraction of sp³-hybridized carbons (Fsp3) is 0.344. The first-order valence-electron chi connectivity index (χ1n) is 14.1. The largest absolute Gasteiger partial charge is 0.481 e. The molecule has 2 aliphatic rings. The molecular formula is C32H35FN6O2. The summed E-state index contributed by atoms with van der Waals surface area (Å²) in [6.07, 6.45) is 10.1. The number of hydrazone groups is 1. The molecule has 5 rings (SSSR count). The van der Waals surface area contributed by atoms with E-state index in [0.717, 1.165) is 53.9 Å². The summed E-state index contributed by atoms with van der Waals surface area (Å²) in [5.41, 5.74) is 5.12. The predicted molar refractivity (Wildman–Crippen MR) is 157 cm³/mol. The highest BCUT2D eigenvalue weighted by Crippen LogP contribution is 2.32. The van der Waals surface area contributed by atoms with Crippen molar-refractivity contribution in [1.82, 2.24) is 24.9 Å². The minimum absolute atomic E-state index is 0.00430. The summed E-state index contributed by atoms with van der Waals surface area (Å²) >= 11 is 0. The number of benzene rings is 1. The number of halogens is 1. The summed E-state index contributed by atoms with van der Waals surface area (Å²) in [5.74, 6) is 0.357. The number of nitrogens with zero attached hydrogens (tertiary/aromatic N) is 6. The molecule has 1 amide bonds. The van der Waals surface area contributed by atoms with E-state index in [-0.39, 0.29) is 24.3 Å². The highest BCUT2D eigenvalue weighted by Gasteiger charge is 2.29. The molecule has 0 saturated carbocycles. The number of aromatic nitrogens is 3. The summed E-state index contributed by atoms with van der Waals surface area (Å²) in [6.45, 7) is 7.32. The van der Waals surface area contributed by atoms with Crippen LogP contribution in [-0.2, 0) is 4.79 Å². The van der Waals surface area contributed by atoms with Crippen LogP contribution in [0.3, 0.4) is 0 Å². The molecule has 1 saturated heterocycles. The van der Waals surface area contributed by atoms with Crippen LogP contribution in [0.15, 0.2) is 72.7 Å². The molecule has 3 aromatic rings. The van der Waals surface area contributed by atoms with Crippen molar-refractivity contribution in [2.75, 3.05) is 26.7 Å². The number of allylic oxidation sites excluding steroid dienone is 1. The zero-order chi connectivity index (χ0) is 28.8. The zero-order valence-corrected chi connectivity index (χ0v) is 23.5. The lowest BCUT2D eigenvalue weighted by molar-refractivity contribution is -0.131. The zero-order valence-electron chi connectivity index (χ0n) is 23.5. The summed E-state index contributed by atoms with van der Waals surface area (Å²) in [7, 11) is 1.60. The molecule has 41 heavy (non-hydrogen) atoms. The average Bonchev–Trinajstić information content (AvgIpc) is 3.28. The SMILES string of the molecule is C=Cc1ccc(C2=CC(CC)C(c3ccc(F)cn3)=NN2CC(=O)N2CCCC(c3cc(OC)ncn3)CC2)cc1. The van der Waals surface area contributed by atoms with Crippen LogP contribution in [0.4, 0.5) is 4.39 Å². The van der Waals surface area contributed by atoms with Gasteiger partial charge in [-0.1, -0.05) is 43.8 Å². The third kappa shape index (κ3) is 6.51. The van der Waals surface area contributed by atoms with Crippen molar-refractivity contribution in [3.05, 3.63) is 96.0 Å². The molecule has 2 unspecified atom stereocenters. The van der Waals surface area contributed by atoms with Gasteiger partial charge in [0.1, 0.15) is 18.7 Å². The maximum atomic E-state index is 13.7. The Kier molecular flexibility index (Phi) is 8.82. The molecule has 8 nitrogen and oxygen atoms in total. The molecule has 1 aromatic carbocycles. The number of carbonyl (C=O) groups excluding carboxylic acids is 1. The van der Waals surface area contributed by atoms with Gasteiger partial charge in [-0.15, -0.1) is 0 Å². The van der Waals surface area contributed by atoms with Crippen LogP contribution >= 0.6 is 0 Å². The molecule has 2 aromatic heterocycles. The van der Waals surface area contributed by atoms with Gasteiger partial charge in [-0.3, -0.25) is 14.8 Å². The van der Waals surface area contributed by atoms with E-state index in [1.54, 1.807) is 24.3 Å². The van der Waals surface area contributed by atoms with Crippen molar-refractivity contribution in [2.24, 2.45) is 11.0 Å². The Morgan fingerprint density at radius 3 is 2.66 bits per heavy atom. The monoisotopic (exact) mass is 554 g/mol. The molecule has 2 atom stereocenters. The van der Waals surface area contributed by atoms with Crippen molar-refractivity contribution in [3.63, 3.8) is 0 Å². The lowest BCUT2D eigenvalue weighted by atomic mass is 9.93. The second-order valence-electron chi connectivity index (χ2n) is 10.3. The Morgan fingerprint density at radius 2 is 1.95 bits per heavy atom. The van der Waals surface area contributed by atoms with E-state index in [2.05, 4.69) is 34.5 Å². The summed E-state index contributed by atoms with van der Waals surface area (Å²) in [6, 6.07) is 13.0. The third-order valence-electron chi connectivity index (χ3n) is 7.74. The van der Waals surface area contributed by atoms with Gasteiger partial charge in [0, 0.05) is 31.0 Å². The smallest absolute Gasteiger partial charge is 0.244 e. The molecule has 0 aliphatic carbocycles. The topological polar surface area (TPSA) is 83.8 Å². The van der Waals surface area contributed by atoms with Crippen molar-refractivity contribution in [1.29, 1.82) is 0 Å². The number of likely N-dealkylation sites (tertiary alicyclic amines) is 1. The van der Waals surface area contributed by atoms with E-state index < -0.39 is 5.82 Å². The number of hydrogen-bond donors (Lipinski definition) is 0. The van der Waals surface area contributed by atoms with Gasteiger partial charge in [0.15, 0.2) is 0 Å². The molecule has 0 spiro atoms. The molecule has 9 heteroatoms. The number of methoxy groups -OCH3 is 1. The Labute approximate surface area is 240 Å².